The third kappa shape index (κ3) is 3.07. The predicted molar refractivity (Wildman–Crippen MR) is 124 cm³/mol. The van der Waals surface area contributed by atoms with Crippen LogP contribution in [0.3, 0.4) is 0 Å². The molecule has 3 heterocycles. The Labute approximate surface area is 186 Å². The summed E-state index contributed by atoms with van der Waals surface area (Å²) >= 11 is 0. The first kappa shape index (κ1) is 20.3. The Morgan fingerprint density at radius 1 is 1.12 bits per heavy atom. The second kappa shape index (κ2) is 8.15. The van der Waals surface area contributed by atoms with Gasteiger partial charge in [-0.25, -0.2) is 4.98 Å². The topological polar surface area (TPSA) is 80.2 Å². The fourth-order valence-electron chi connectivity index (χ4n) is 4.69. The van der Waals surface area contributed by atoms with Crippen molar-refractivity contribution in [3.8, 4) is 0 Å². The highest BCUT2D eigenvalue weighted by Crippen LogP contribution is 2.43. The van der Waals surface area contributed by atoms with Crippen molar-refractivity contribution in [2.75, 3.05) is 18.1 Å². The standard InChI is InChI=1S/C25H26N4O3/c1-3-5-14-28-23(30)21(24(31)32-4-2)22(17-15-26-18-11-7-6-10-16(17)18)29-20-13-9-8-12-19(20)27-25(28)29/h6-13,15,21-22,26H,3-5,14H2,1-2H3. The number of ether oxygens (including phenoxy) is 1. The minimum absolute atomic E-state index is 0.218. The van der Waals surface area contributed by atoms with Gasteiger partial charge in [0.25, 0.3) is 0 Å². The van der Waals surface area contributed by atoms with Gasteiger partial charge >= 0.3 is 5.97 Å². The summed E-state index contributed by atoms with van der Waals surface area (Å²) in [6.45, 7) is 4.57. The molecule has 0 radical (unpaired) electrons. The molecule has 1 amide bonds. The fraction of sp³-hybridized carbons (Fsp3) is 0.320. The molecule has 2 aromatic carbocycles. The van der Waals surface area contributed by atoms with Crippen LogP contribution < -0.4 is 4.90 Å². The summed E-state index contributed by atoms with van der Waals surface area (Å²) in [5.74, 6) is -1.16. The lowest BCUT2D eigenvalue weighted by molar-refractivity contribution is -0.153. The molecule has 32 heavy (non-hydrogen) atoms. The first-order chi connectivity index (χ1) is 15.7. The smallest absolute Gasteiger partial charge is 0.321 e. The highest BCUT2D eigenvalue weighted by molar-refractivity contribution is 6.09. The van der Waals surface area contributed by atoms with Crippen molar-refractivity contribution in [2.45, 2.75) is 32.7 Å². The Morgan fingerprint density at radius 3 is 2.72 bits per heavy atom. The van der Waals surface area contributed by atoms with Crippen LogP contribution in [0.25, 0.3) is 21.9 Å². The van der Waals surface area contributed by atoms with Crippen LogP contribution in [0.5, 0.6) is 0 Å². The van der Waals surface area contributed by atoms with E-state index in [1.807, 2.05) is 59.3 Å². The molecule has 0 aliphatic carbocycles. The molecule has 2 unspecified atom stereocenters. The number of aromatic amines is 1. The van der Waals surface area contributed by atoms with Crippen LogP contribution in [0.1, 0.15) is 38.3 Å². The van der Waals surface area contributed by atoms with Gasteiger partial charge in [0.2, 0.25) is 11.9 Å². The average molecular weight is 431 g/mol. The number of carbonyl (C=O) groups excluding carboxylic acids is 2. The third-order valence-corrected chi connectivity index (χ3v) is 6.16. The molecule has 1 aliphatic heterocycles. The summed E-state index contributed by atoms with van der Waals surface area (Å²) in [5.41, 5.74) is 3.52. The molecule has 7 heteroatoms. The van der Waals surface area contributed by atoms with Crippen molar-refractivity contribution in [1.29, 1.82) is 0 Å². The van der Waals surface area contributed by atoms with Crippen LogP contribution in [0.15, 0.2) is 54.7 Å². The lowest BCUT2D eigenvalue weighted by atomic mass is 9.89. The van der Waals surface area contributed by atoms with E-state index in [0.29, 0.717) is 12.5 Å². The number of nitrogens with zero attached hydrogens (tertiary/aromatic N) is 3. The summed E-state index contributed by atoms with van der Waals surface area (Å²) in [6, 6.07) is 15.2. The molecule has 0 spiro atoms. The summed E-state index contributed by atoms with van der Waals surface area (Å²) in [7, 11) is 0. The zero-order valence-corrected chi connectivity index (χ0v) is 18.2. The van der Waals surface area contributed by atoms with Crippen molar-refractivity contribution in [3.63, 3.8) is 0 Å². The van der Waals surface area contributed by atoms with Gasteiger partial charge in [-0.15, -0.1) is 0 Å². The Hall–Kier alpha value is -3.61. The number of aromatic nitrogens is 3. The van der Waals surface area contributed by atoms with Gasteiger partial charge in [-0.1, -0.05) is 43.7 Å². The van der Waals surface area contributed by atoms with E-state index in [2.05, 4.69) is 11.9 Å². The maximum Gasteiger partial charge on any atom is 0.321 e. The molecule has 2 atom stereocenters. The summed E-state index contributed by atoms with van der Waals surface area (Å²) < 4.78 is 7.46. The molecule has 1 N–H and O–H groups in total. The van der Waals surface area contributed by atoms with Crippen LogP contribution in [-0.4, -0.2) is 39.6 Å². The average Bonchev–Trinajstić information content (AvgIpc) is 3.40. The monoisotopic (exact) mass is 430 g/mol. The number of fused-ring (bicyclic) bond motifs is 4. The van der Waals surface area contributed by atoms with Gasteiger partial charge in [-0.2, -0.15) is 0 Å². The molecule has 164 valence electrons. The fourth-order valence-corrected chi connectivity index (χ4v) is 4.69. The maximum atomic E-state index is 13.8. The molecule has 7 nitrogen and oxygen atoms in total. The number of anilines is 1. The number of benzene rings is 2. The number of para-hydroxylation sites is 3. The molecule has 4 aromatic rings. The zero-order chi connectivity index (χ0) is 22.2. The maximum absolute atomic E-state index is 13.8. The van der Waals surface area contributed by atoms with E-state index < -0.39 is 17.9 Å². The highest BCUT2D eigenvalue weighted by Gasteiger charge is 2.48. The molecule has 0 fully saturated rings. The Kier molecular flexibility index (Phi) is 5.17. The van der Waals surface area contributed by atoms with E-state index in [4.69, 9.17) is 9.72 Å². The number of imidazole rings is 1. The van der Waals surface area contributed by atoms with Gasteiger partial charge in [-0.3, -0.25) is 14.5 Å². The minimum Gasteiger partial charge on any atom is -0.465 e. The van der Waals surface area contributed by atoms with Crippen molar-refractivity contribution >= 4 is 39.8 Å². The summed E-state index contributed by atoms with van der Waals surface area (Å²) in [4.78, 5) is 36.8. The number of H-pyrrole nitrogens is 1. The van der Waals surface area contributed by atoms with Crippen molar-refractivity contribution in [3.05, 3.63) is 60.3 Å². The molecule has 0 saturated carbocycles. The van der Waals surface area contributed by atoms with Gasteiger partial charge in [0.05, 0.1) is 23.7 Å². The molecule has 0 bridgehead atoms. The van der Waals surface area contributed by atoms with Crippen molar-refractivity contribution in [1.82, 2.24) is 14.5 Å². The minimum atomic E-state index is -0.990. The third-order valence-electron chi connectivity index (χ3n) is 6.16. The van der Waals surface area contributed by atoms with E-state index in [-0.39, 0.29) is 12.5 Å². The number of hydrogen-bond donors (Lipinski definition) is 1. The first-order valence-electron chi connectivity index (χ1n) is 11.2. The van der Waals surface area contributed by atoms with E-state index in [9.17, 15) is 9.59 Å². The molecule has 0 saturated heterocycles. The SMILES string of the molecule is CCCCN1C(=O)C(C(=O)OCC)C(c2c[nH]c3ccccc23)n2c1nc1ccccc12. The molecular formula is C25H26N4O3. The van der Waals surface area contributed by atoms with Gasteiger partial charge in [0.1, 0.15) is 0 Å². The van der Waals surface area contributed by atoms with Gasteiger partial charge in [-0.05, 0) is 31.5 Å². The van der Waals surface area contributed by atoms with E-state index in [1.54, 1.807) is 11.8 Å². The number of nitrogens with one attached hydrogen (secondary N) is 1. The molecule has 1 aliphatic rings. The normalized spacial score (nSPS) is 18.3. The van der Waals surface area contributed by atoms with Crippen molar-refractivity contribution < 1.29 is 14.3 Å². The van der Waals surface area contributed by atoms with E-state index >= 15 is 0 Å². The molecule has 2 aromatic heterocycles. The van der Waals surface area contributed by atoms with Gasteiger partial charge in [0, 0.05) is 29.2 Å². The number of carbonyl (C=O) groups is 2. The van der Waals surface area contributed by atoms with E-state index in [0.717, 1.165) is 40.3 Å². The lowest BCUT2D eigenvalue weighted by Gasteiger charge is -2.37. The number of esters is 1. The largest absolute Gasteiger partial charge is 0.465 e. The number of unbranched alkanes of at least 4 members (excludes halogenated alkanes) is 1. The number of amides is 1. The quantitative estimate of drug-likeness (QED) is 0.362. The van der Waals surface area contributed by atoms with Gasteiger partial charge < -0.3 is 14.3 Å². The second-order valence-corrected chi connectivity index (χ2v) is 8.08. The van der Waals surface area contributed by atoms with Crippen LogP contribution in [0.2, 0.25) is 0 Å². The Bertz CT molecular complexity index is 1310. The van der Waals surface area contributed by atoms with Crippen LogP contribution >= 0.6 is 0 Å². The van der Waals surface area contributed by atoms with Gasteiger partial charge in [0.15, 0.2) is 5.92 Å². The molecule has 5 rings (SSSR count). The van der Waals surface area contributed by atoms with Crippen LogP contribution in [0.4, 0.5) is 5.95 Å². The Morgan fingerprint density at radius 2 is 1.91 bits per heavy atom. The predicted octanol–water partition coefficient (Wildman–Crippen LogP) is 4.43. The number of hydrogen-bond acceptors (Lipinski definition) is 4. The zero-order valence-electron chi connectivity index (χ0n) is 18.2. The first-order valence-corrected chi connectivity index (χ1v) is 11.2. The summed E-state index contributed by atoms with van der Waals surface area (Å²) in [5, 5.41) is 0.977. The second-order valence-electron chi connectivity index (χ2n) is 8.08. The lowest BCUT2D eigenvalue weighted by Crippen LogP contribution is -2.50. The van der Waals surface area contributed by atoms with Crippen LogP contribution in [-0.2, 0) is 14.3 Å². The molecular weight excluding hydrogens is 404 g/mol. The highest BCUT2D eigenvalue weighted by atomic mass is 16.5. The van der Waals surface area contributed by atoms with Crippen molar-refractivity contribution in [2.24, 2.45) is 5.92 Å². The number of rotatable bonds is 6. The Balaban J connectivity index is 1.80. The van der Waals surface area contributed by atoms with E-state index in [1.165, 1.54) is 0 Å². The summed E-state index contributed by atoms with van der Waals surface area (Å²) in [6.07, 6.45) is 3.65. The van der Waals surface area contributed by atoms with Crippen LogP contribution in [0, 0.1) is 5.92 Å².